The van der Waals surface area contributed by atoms with Crippen molar-refractivity contribution >= 4 is 0 Å². The molecule has 3 N–H and O–H groups in total. The van der Waals surface area contributed by atoms with E-state index in [0.29, 0.717) is 19.7 Å². The van der Waals surface area contributed by atoms with Crippen molar-refractivity contribution in [3.63, 3.8) is 0 Å². The first-order valence-electron chi connectivity index (χ1n) is 11.7. The monoisotopic (exact) mass is 387 g/mol. The fourth-order valence-corrected chi connectivity index (χ4v) is 3.33. The summed E-state index contributed by atoms with van der Waals surface area (Å²) >= 11 is 0. The summed E-state index contributed by atoms with van der Waals surface area (Å²) in [6.45, 7) is 6.88. The van der Waals surface area contributed by atoms with E-state index < -0.39 is 6.10 Å². The third-order valence-corrected chi connectivity index (χ3v) is 5.05. The van der Waals surface area contributed by atoms with Gasteiger partial charge in [0.05, 0.1) is 19.3 Å². The van der Waals surface area contributed by atoms with Crippen LogP contribution in [0, 0.1) is 5.92 Å². The van der Waals surface area contributed by atoms with Crippen LogP contribution < -0.4 is 5.32 Å². The number of nitrogens with one attached hydrogen (secondary N) is 1. The minimum absolute atomic E-state index is 0.103. The zero-order valence-corrected chi connectivity index (χ0v) is 18.4. The molecule has 4 nitrogen and oxygen atoms in total. The number of aliphatic hydroxyl groups is 2. The van der Waals surface area contributed by atoms with E-state index in [2.05, 4.69) is 19.2 Å². The lowest BCUT2D eigenvalue weighted by Crippen LogP contribution is -2.32. The Kier molecular flexibility index (Phi) is 22.0. The van der Waals surface area contributed by atoms with Gasteiger partial charge in [0.15, 0.2) is 0 Å². The van der Waals surface area contributed by atoms with Crippen molar-refractivity contribution in [1.29, 1.82) is 0 Å². The van der Waals surface area contributed by atoms with Crippen molar-refractivity contribution in [2.75, 3.05) is 32.9 Å². The smallest absolute Gasteiger partial charge is 0.0897 e. The van der Waals surface area contributed by atoms with E-state index in [4.69, 9.17) is 9.84 Å². The molecule has 0 heterocycles. The highest BCUT2D eigenvalue weighted by molar-refractivity contribution is 4.58. The summed E-state index contributed by atoms with van der Waals surface area (Å²) in [5.41, 5.74) is 0. The Balaban J connectivity index is 3.07. The molecular weight excluding hydrogens is 338 g/mol. The average Bonchev–Trinajstić information content (AvgIpc) is 2.64. The van der Waals surface area contributed by atoms with Crippen molar-refractivity contribution in [3.05, 3.63) is 0 Å². The molecular formula is C23H49NO3. The second kappa shape index (κ2) is 22.1. The molecule has 0 aliphatic rings. The molecule has 0 aromatic heterocycles. The standard InChI is InChI=1S/C23H49NO3/c1-22(2)16-14-12-10-8-6-4-3-5-7-9-11-13-15-19-27-21-23(26)20-24-17-18-25/h22-26H,3-21H2,1-2H3. The van der Waals surface area contributed by atoms with E-state index in [1.54, 1.807) is 0 Å². The zero-order valence-electron chi connectivity index (χ0n) is 18.4. The maximum atomic E-state index is 9.64. The summed E-state index contributed by atoms with van der Waals surface area (Å²) in [7, 11) is 0. The van der Waals surface area contributed by atoms with Crippen LogP contribution in [-0.2, 0) is 4.74 Å². The first kappa shape index (κ1) is 26.8. The van der Waals surface area contributed by atoms with Gasteiger partial charge in [-0.05, 0) is 12.3 Å². The highest BCUT2D eigenvalue weighted by Crippen LogP contribution is 2.14. The maximum Gasteiger partial charge on any atom is 0.0897 e. The van der Waals surface area contributed by atoms with Crippen molar-refractivity contribution in [3.8, 4) is 0 Å². The summed E-state index contributed by atoms with van der Waals surface area (Å²) in [6, 6.07) is 0. The topological polar surface area (TPSA) is 61.7 Å². The van der Waals surface area contributed by atoms with Crippen LogP contribution in [0.2, 0.25) is 0 Å². The molecule has 0 rings (SSSR count). The first-order chi connectivity index (χ1) is 13.2. The third kappa shape index (κ3) is 23.8. The highest BCUT2D eigenvalue weighted by Gasteiger charge is 2.03. The van der Waals surface area contributed by atoms with Crippen LogP contribution in [0.15, 0.2) is 0 Å². The van der Waals surface area contributed by atoms with E-state index in [9.17, 15) is 5.11 Å². The zero-order chi connectivity index (χ0) is 20.0. The molecule has 0 amide bonds. The number of rotatable bonds is 22. The minimum Gasteiger partial charge on any atom is -0.395 e. The molecule has 0 radical (unpaired) electrons. The lowest BCUT2D eigenvalue weighted by molar-refractivity contribution is 0.0350. The van der Waals surface area contributed by atoms with Crippen LogP contribution in [0.25, 0.3) is 0 Å². The molecule has 0 aromatic rings. The van der Waals surface area contributed by atoms with Crippen molar-refractivity contribution < 1.29 is 14.9 Å². The van der Waals surface area contributed by atoms with E-state index in [0.717, 1.165) is 18.9 Å². The second-order valence-electron chi connectivity index (χ2n) is 8.44. The Hall–Kier alpha value is -0.160. The fraction of sp³-hybridized carbons (Fsp3) is 1.00. The molecule has 0 saturated carbocycles. The molecule has 0 fully saturated rings. The van der Waals surface area contributed by atoms with Crippen LogP contribution in [0.3, 0.4) is 0 Å². The second-order valence-corrected chi connectivity index (χ2v) is 8.44. The average molecular weight is 388 g/mol. The molecule has 0 bridgehead atoms. The Labute approximate surface area is 169 Å². The van der Waals surface area contributed by atoms with Crippen molar-refractivity contribution in [2.45, 2.75) is 110 Å². The Bertz CT molecular complexity index is 274. The number of unbranched alkanes of at least 4 members (excludes halogenated alkanes) is 12. The van der Waals surface area contributed by atoms with Gasteiger partial charge in [-0.3, -0.25) is 0 Å². The molecule has 0 saturated heterocycles. The fourth-order valence-electron chi connectivity index (χ4n) is 3.33. The molecule has 27 heavy (non-hydrogen) atoms. The Morgan fingerprint density at radius 3 is 1.70 bits per heavy atom. The van der Waals surface area contributed by atoms with E-state index in [-0.39, 0.29) is 6.61 Å². The molecule has 4 heteroatoms. The quantitative estimate of drug-likeness (QED) is 0.227. The van der Waals surface area contributed by atoms with Gasteiger partial charge in [0.25, 0.3) is 0 Å². The lowest BCUT2D eigenvalue weighted by atomic mass is 10.0. The van der Waals surface area contributed by atoms with Crippen LogP contribution in [0.5, 0.6) is 0 Å². The summed E-state index contributed by atoms with van der Waals surface area (Å²) in [5, 5.41) is 21.2. The first-order valence-corrected chi connectivity index (χ1v) is 11.7. The normalized spacial score (nSPS) is 12.8. The molecule has 0 aliphatic carbocycles. The SMILES string of the molecule is CC(C)CCCCCCCCCCCCCCCOCC(O)CNCCO. The van der Waals surface area contributed by atoms with E-state index in [1.807, 2.05) is 0 Å². The summed E-state index contributed by atoms with van der Waals surface area (Å²) in [4.78, 5) is 0. The van der Waals surface area contributed by atoms with Gasteiger partial charge in [-0.2, -0.15) is 0 Å². The van der Waals surface area contributed by atoms with E-state index >= 15 is 0 Å². The summed E-state index contributed by atoms with van der Waals surface area (Å²) in [6.07, 6.45) is 18.7. The number of hydrogen-bond donors (Lipinski definition) is 3. The third-order valence-electron chi connectivity index (χ3n) is 5.05. The van der Waals surface area contributed by atoms with Gasteiger partial charge in [0.2, 0.25) is 0 Å². The van der Waals surface area contributed by atoms with Gasteiger partial charge < -0.3 is 20.3 Å². The molecule has 0 spiro atoms. The largest absolute Gasteiger partial charge is 0.395 e. The lowest BCUT2D eigenvalue weighted by Gasteiger charge is -2.11. The summed E-state index contributed by atoms with van der Waals surface area (Å²) in [5.74, 6) is 0.871. The number of ether oxygens (including phenoxy) is 1. The van der Waals surface area contributed by atoms with Gasteiger partial charge in [-0.15, -0.1) is 0 Å². The van der Waals surface area contributed by atoms with Crippen molar-refractivity contribution in [2.24, 2.45) is 5.92 Å². The molecule has 0 aliphatic heterocycles. The van der Waals surface area contributed by atoms with Crippen LogP contribution in [-0.4, -0.2) is 49.2 Å². The van der Waals surface area contributed by atoms with Gasteiger partial charge in [0.1, 0.15) is 0 Å². The van der Waals surface area contributed by atoms with Gasteiger partial charge in [-0.1, -0.05) is 97.3 Å². The molecule has 164 valence electrons. The van der Waals surface area contributed by atoms with Gasteiger partial charge in [0, 0.05) is 19.7 Å². The van der Waals surface area contributed by atoms with E-state index in [1.165, 1.54) is 83.5 Å². The predicted molar refractivity (Wildman–Crippen MR) is 116 cm³/mol. The van der Waals surface area contributed by atoms with Gasteiger partial charge >= 0.3 is 0 Å². The van der Waals surface area contributed by atoms with Crippen molar-refractivity contribution in [1.82, 2.24) is 5.32 Å². The number of hydrogen-bond acceptors (Lipinski definition) is 4. The number of aliphatic hydroxyl groups excluding tert-OH is 2. The van der Waals surface area contributed by atoms with Crippen LogP contribution in [0.1, 0.15) is 104 Å². The molecule has 1 unspecified atom stereocenters. The molecule has 0 aromatic carbocycles. The van der Waals surface area contributed by atoms with Crippen LogP contribution >= 0.6 is 0 Å². The Morgan fingerprint density at radius 1 is 0.741 bits per heavy atom. The summed E-state index contributed by atoms with van der Waals surface area (Å²) < 4.78 is 5.49. The van der Waals surface area contributed by atoms with Crippen LogP contribution in [0.4, 0.5) is 0 Å². The highest BCUT2D eigenvalue weighted by atomic mass is 16.5. The predicted octanol–water partition coefficient (Wildman–Crippen LogP) is 5.06. The Morgan fingerprint density at radius 2 is 1.22 bits per heavy atom. The minimum atomic E-state index is -0.475. The maximum absolute atomic E-state index is 9.64. The molecule has 1 atom stereocenters. The van der Waals surface area contributed by atoms with Gasteiger partial charge in [-0.25, -0.2) is 0 Å².